The molecule has 0 bridgehead atoms. The van der Waals surface area contributed by atoms with Crippen LogP contribution in [0.5, 0.6) is 5.88 Å². The molecule has 0 aliphatic carbocycles. The van der Waals surface area contributed by atoms with E-state index in [0.29, 0.717) is 11.6 Å². The normalized spacial score (nSPS) is 10.9. The van der Waals surface area contributed by atoms with E-state index in [2.05, 4.69) is 5.10 Å². The van der Waals surface area contributed by atoms with E-state index in [1.807, 2.05) is 13.8 Å². The number of aryl methyl sites for hydroxylation is 1. The van der Waals surface area contributed by atoms with Crippen molar-refractivity contribution >= 4 is 5.69 Å². The van der Waals surface area contributed by atoms with Gasteiger partial charge in [0.25, 0.3) is 0 Å². The summed E-state index contributed by atoms with van der Waals surface area (Å²) in [5, 5.41) is 12.9. The van der Waals surface area contributed by atoms with Crippen molar-refractivity contribution in [3.05, 3.63) is 5.69 Å². The molecule has 0 aliphatic heterocycles. The lowest BCUT2D eigenvalue weighted by Gasteiger charge is -2.04. The fourth-order valence-corrected chi connectivity index (χ4v) is 1.28. The lowest BCUT2D eigenvalue weighted by Crippen LogP contribution is -2.06. The molecule has 0 radical (unpaired) electrons. The van der Waals surface area contributed by atoms with Crippen LogP contribution in [0.3, 0.4) is 0 Å². The summed E-state index contributed by atoms with van der Waals surface area (Å²) in [6.45, 7) is 4.26. The summed E-state index contributed by atoms with van der Waals surface area (Å²) in [4.78, 5) is 0. The maximum Gasteiger partial charge on any atom is 0.235 e. The summed E-state index contributed by atoms with van der Waals surface area (Å²) in [5.74, 6) is 0.801. The highest BCUT2D eigenvalue weighted by atomic mass is 16.5. The molecule has 0 saturated carbocycles. The van der Waals surface area contributed by atoms with Gasteiger partial charge in [-0.25, -0.2) is 4.68 Å². The van der Waals surface area contributed by atoms with E-state index >= 15 is 0 Å². The molecule has 14 heavy (non-hydrogen) atoms. The lowest BCUT2D eigenvalue weighted by molar-refractivity contribution is 0.192. The molecule has 0 saturated heterocycles. The van der Waals surface area contributed by atoms with Crippen molar-refractivity contribution in [2.24, 2.45) is 7.05 Å². The van der Waals surface area contributed by atoms with Crippen molar-refractivity contribution in [1.82, 2.24) is 9.78 Å². The van der Waals surface area contributed by atoms with Gasteiger partial charge in [-0.2, -0.15) is 5.10 Å². The van der Waals surface area contributed by atoms with Gasteiger partial charge in [-0.3, -0.25) is 0 Å². The molecule has 1 rings (SSSR count). The zero-order valence-corrected chi connectivity index (χ0v) is 8.82. The first-order valence-corrected chi connectivity index (χ1v) is 4.64. The molecule has 1 aromatic rings. The number of rotatable bonds is 4. The predicted molar refractivity (Wildman–Crippen MR) is 54.3 cm³/mol. The molecule has 1 aromatic heterocycles. The Morgan fingerprint density at radius 2 is 2.21 bits per heavy atom. The van der Waals surface area contributed by atoms with Crippen molar-refractivity contribution in [2.45, 2.75) is 19.8 Å². The number of nitrogen functional groups attached to an aromatic ring is 1. The van der Waals surface area contributed by atoms with Crippen LogP contribution >= 0.6 is 0 Å². The molecule has 0 atom stereocenters. The van der Waals surface area contributed by atoms with Crippen molar-refractivity contribution in [2.75, 3.05) is 18.9 Å². The highest BCUT2D eigenvalue weighted by Crippen LogP contribution is 2.29. The van der Waals surface area contributed by atoms with Crippen LogP contribution in [0, 0.1) is 0 Å². The summed E-state index contributed by atoms with van der Waals surface area (Å²) in [6.07, 6.45) is 0. The summed E-state index contributed by atoms with van der Waals surface area (Å²) in [7, 11) is 1.77. The van der Waals surface area contributed by atoms with E-state index in [-0.39, 0.29) is 19.1 Å². The molecule has 0 aromatic carbocycles. The standard InChI is InChI=1S/C9H17N3O2/c1-6(2)8-7(10)9(12(3)11-8)14-5-4-13/h6,13H,4-5,10H2,1-3H3. The fraction of sp³-hybridized carbons (Fsp3) is 0.667. The Morgan fingerprint density at radius 1 is 1.57 bits per heavy atom. The SMILES string of the molecule is CC(C)c1nn(C)c(OCCO)c1N. The number of aliphatic hydroxyl groups excluding tert-OH is 1. The molecule has 0 fully saturated rings. The molecule has 0 aliphatic rings. The van der Waals surface area contributed by atoms with Gasteiger partial charge < -0.3 is 15.6 Å². The van der Waals surface area contributed by atoms with Gasteiger partial charge in [0, 0.05) is 7.05 Å². The summed E-state index contributed by atoms with van der Waals surface area (Å²) in [5.41, 5.74) is 7.26. The van der Waals surface area contributed by atoms with Crippen LogP contribution < -0.4 is 10.5 Å². The van der Waals surface area contributed by atoms with Gasteiger partial charge in [-0.15, -0.1) is 0 Å². The molecule has 5 heteroatoms. The van der Waals surface area contributed by atoms with Gasteiger partial charge in [-0.05, 0) is 5.92 Å². The minimum atomic E-state index is -0.0262. The molecular weight excluding hydrogens is 182 g/mol. The number of anilines is 1. The Balaban J connectivity index is 2.93. The van der Waals surface area contributed by atoms with Crippen molar-refractivity contribution in [3.63, 3.8) is 0 Å². The molecule has 3 N–H and O–H groups in total. The Kier molecular flexibility index (Phi) is 3.35. The van der Waals surface area contributed by atoms with Gasteiger partial charge in [0.15, 0.2) is 0 Å². The Bertz CT molecular complexity index is 307. The number of hydrogen-bond acceptors (Lipinski definition) is 4. The molecule has 0 spiro atoms. The van der Waals surface area contributed by atoms with Gasteiger partial charge in [-0.1, -0.05) is 13.8 Å². The van der Waals surface area contributed by atoms with Crippen molar-refractivity contribution < 1.29 is 9.84 Å². The number of nitrogens with two attached hydrogens (primary N) is 1. The Labute approximate surface area is 83.5 Å². The van der Waals surface area contributed by atoms with Crippen LogP contribution in [0.2, 0.25) is 0 Å². The molecule has 0 amide bonds. The maximum absolute atomic E-state index is 8.63. The van der Waals surface area contributed by atoms with Crippen molar-refractivity contribution in [3.8, 4) is 5.88 Å². The second-order valence-electron chi connectivity index (χ2n) is 3.45. The van der Waals surface area contributed by atoms with Gasteiger partial charge in [0.05, 0.1) is 12.3 Å². The van der Waals surface area contributed by atoms with Crippen LogP contribution in [-0.2, 0) is 7.05 Å². The minimum absolute atomic E-state index is 0.0262. The number of nitrogens with zero attached hydrogens (tertiary/aromatic N) is 2. The van der Waals surface area contributed by atoms with Crippen LogP contribution in [0.1, 0.15) is 25.5 Å². The lowest BCUT2D eigenvalue weighted by atomic mass is 10.1. The van der Waals surface area contributed by atoms with E-state index < -0.39 is 0 Å². The van der Waals surface area contributed by atoms with Gasteiger partial charge in [0.1, 0.15) is 12.3 Å². The van der Waals surface area contributed by atoms with Gasteiger partial charge >= 0.3 is 0 Å². The zero-order chi connectivity index (χ0) is 10.7. The van der Waals surface area contributed by atoms with Crippen LogP contribution in [0.4, 0.5) is 5.69 Å². The van der Waals surface area contributed by atoms with Crippen molar-refractivity contribution in [1.29, 1.82) is 0 Å². The number of ether oxygens (including phenoxy) is 1. The average Bonchev–Trinajstić information content (AvgIpc) is 2.40. The molecule has 5 nitrogen and oxygen atoms in total. The highest BCUT2D eigenvalue weighted by molar-refractivity contribution is 5.54. The first-order valence-electron chi connectivity index (χ1n) is 4.64. The first kappa shape index (κ1) is 10.8. The third-order valence-electron chi connectivity index (χ3n) is 1.93. The van der Waals surface area contributed by atoms with E-state index in [1.54, 1.807) is 11.7 Å². The first-order chi connectivity index (χ1) is 6.57. The summed E-state index contributed by atoms with van der Waals surface area (Å²) >= 11 is 0. The second-order valence-corrected chi connectivity index (χ2v) is 3.45. The predicted octanol–water partition coefficient (Wildman–Crippen LogP) is 0.497. The Hall–Kier alpha value is -1.23. The third-order valence-corrected chi connectivity index (χ3v) is 1.93. The van der Waals surface area contributed by atoms with Crippen LogP contribution in [0.25, 0.3) is 0 Å². The third kappa shape index (κ3) is 1.98. The highest BCUT2D eigenvalue weighted by Gasteiger charge is 2.16. The van der Waals surface area contributed by atoms with Gasteiger partial charge in [0.2, 0.25) is 5.88 Å². The minimum Gasteiger partial charge on any atom is -0.474 e. The fourth-order valence-electron chi connectivity index (χ4n) is 1.28. The topological polar surface area (TPSA) is 73.3 Å². The Morgan fingerprint density at radius 3 is 2.64 bits per heavy atom. The second kappa shape index (κ2) is 4.32. The summed E-state index contributed by atoms with van der Waals surface area (Å²) < 4.78 is 6.87. The maximum atomic E-state index is 8.63. The van der Waals surface area contributed by atoms with Crippen LogP contribution in [-0.4, -0.2) is 28.1 Å². The number of aliphatic hydroxyl groups is 1. The quantitative estimate of drug-likeness (QED) is 0.740. The number of hydrogen-bond donors (Lipinski definition) is 2. The van der Waals surface area contributed by atoms with E-state index in [0.717, 1.165) is 5.69 Å². The van der Waals surface area contributed by atoms with E-state index in [1.165, 1.54) is 0 Å². The molecule has 1 heterocycles. The molecular formula is C9H17N3O2. The number of aromatic nitrogens is 2. The van der Waals surface area contributed by atoms with Crippen LogP contribution in [0.15, 0.2) is 0 Å². The smallest absolute Gasteiger partial charge is 0.235 e. The molecule has 80 valence electrons. The largest absolute Gasteiger partial charge is 0.474 e. The molecule has 0 unspecified atom stereocenters. The average molecular weight is 199 g/mol. The zero-order valence-electron chi connectivity index (χ0n) is 8.82. The summed E-state index contributed by atoms with van der Waals surface area (Å²) in [6, 6.07) is 0. The monoisotopic (exact) mass is 199 g/mol. The van der Waals surface area contributed by atoms with E-state index in [4.69, 9.17) is 15.6 Å². The van der Waals surface area contributed by atoms with E-state index in [9.17, 15) is 0 Å².